The molecule has 0 aromatic rings. The van der Waals surface area contributed by atoms with Crippen molar-refractivity contribution in [2.24, 2.45) is 0 Å². The number of hydrogen-bond acceptors (Lipinski definition) is 3. The number of hydrogen-bond donors (Lipinski definition) is 0. The van der Waals surface area contributed by atoms with Gasteiger partial charge in [-0.2, -0.15) is 0 Å². The van der Waals surface area contributed by atoms with Crippen LogP contribution in [-0.4, -0.2) is 39.0 Å². The molecule has 4 heteroatoms. The van der Waals surface area contributed by atoms with E-state index in [-0.39, 0.29) is 0 Å². The van der Waals surface area contributed by atoms with E-state index in [1.807, 2.05) is 0 Å². The van der Waals surface area contributed by atoms with Crippen molar-refractivity contribution >= 4 is 9.84 Å². The van der Waals surface area contributed by atoms with E-state index in [2.05, 4.69) is 6.58 Å². The van der Waals surface area contributed by atoms with Crippen LogP contribution in [-0.2, 0) is 9.84 Å². The fraction of sp³-hybridized carbons (Fsp3) is 0.667. The fourth-order valence-corrected chi connectivity index (χ4v) is 1.88. The second-order valence-electron chi connectivity index (χ2n) is 2.42. The van der Waals surface area contributed by atoms with Crippen LogP contribution in [0.5, 0.6) is 0 Å². The summed E-state index contributed by atoms with van der Waals surface area (Å²) in [6.07, 6.45) is 2.61. The van der Waals surface area contributed by atoms with Crippen molar-refractivity contribution < 1.29 is 8.42 Å². The Hall–Kier alpha value is -0.350. The van der Waals surface area contributed by atoms with Crippen molar-refractivity contribution in [2.75, 3.05) is 20.4 Å². The number of nitrogens with zero attached hydrogens (tertiary/aromatic N) is 1. The molecule has 0 aliphatic carbocycles. The molecular formula is C6H13NO2S. The van der Waals surface area contributed by atoms with Crippen LogP contribution in [0.15, 0.2) is 12.7 Å². The van der Waals surface area contributed by atoms with E-state index in [1.165, 1.54) is 12.3 Å². The topological polar surface area (TPSA) is 37.4 Å². The van der Waals surface area contributed by atoms with E-state index in [1.54, 1.807) is 19.0 Å². The van der Waals surface area contributed by atoms with Gasteiger partial charge in [0.05, 0.1) is 0 Å². The summed E-state index contributed by atoms with van der Waals surface area (Å²) < 4.78 is 21.8. The normalized spacial score (nSPS) is 15.2. The minimum atomic E-state index is -3.01. The molecule has 0 aliphatic rings. The van der Waals surface area contributed by atoms with Gasteiger partial charge in [0.25, 0.3) is 0 Å². The quantitative estimate of drug-likeness (QED) is 0.554. The number of rotatable bonds is 3. The van der Waals surface area contributed by atoms with Gasteiger partial charge in [-0.15, -0.1) is 6.58 Å². The molecule has 0 bridgehead atoms. The Morgan fingerprint density at radius 2 is 1.90 bits per heavy atom. The second kappa shape index (κ2) is 3.16. The summed E-state index contributed by atoms with van der Waals surface area (Å²) in [5.41, 5.74) is 0. The van der Waals surface area contributed by atoms with Gasteiger partial charge >= 0.3 is 0 Å². The SMILES string of the molecule is C=CC(N(C)C)S(C)(=O)=O. The summed E-state index contributed by atoms with van der Waals surface area (Å²) in [5, 5.41) is -0.563. The van der Waals surface area contributed by atoms with Gasteiger partial charge in [0.15, 0.2) is 9.84 Å². The first-order chi connectivity index (χ1) is 4.39. The minimum Gasteiger partial charge on any atom is -0.290 e. The summed E-state index contributed by atoms with van der Waals surface area (Å²) in [7, 11) is 0.397. The van der Waals surface area contributed by atoms with E-state index in [0.29, 0.717) is 0 Å². The summed E-state index contributed by atoms with van der Waals surface area (Å²) >= 11 is 0. The van der Waals surface area contributed by atoms with Crippen LogP contribution in [0.2, 0.25) is 0 Å². The highest BCUT2D eigenvalue weighted by atomic mass is 32.2. The number of likely N-dealkylation sites (N-methyl/N-ethyl adjacent to an activating group) is 1. The lowest BCUT2D eigenvalue weighted by Crippen LogP contribution is -2.32. The van der Waals surface area contributed by atoms with E-state index in [0.717, 1.165) is 0 Å². The average molecular weight is 163 g/mol. The minimum absolute atomic E-state index is 0.563. The van der Waals surface area contributed by atoms with Crippen molar-refractivity contribution in [1.82, 2.24) is 4.90 Å². The van der Waals surface area contributed by atoms with Crippen LogP contribution in [0.3, 0.4) is 0 Å². The van der Waals surface area contributed by atoms with Gasteiger partial charge in [0, 0.05) is 6.26 Å². The molecule has 10 heavy (non-hydrogen) atoms. The maximum absolute atomic E-state index is 10.9. The van der Waals surface area contributed by atoms with Crippen molar-refractivity contribution in [2.45, 2.75) is 5.37 Å². The zero-order valence-electron chi connectivity index (χ0n) is 6.53. The molecule has 3 nitrogen and oxygen atoms in total. The first-order valence-electron chi connectivity index (χ1n) is 2.87. The summed E-state index contributed by atoms with van der Waals surface area (Å²) in [6, 6.07) is 0. The third kappa shape index (κ3) is 2.49. The standard InChI is InChI=1S/C6H13NO2S/c1-5-6(7(2)3)10(4,8)9/h5-6H,1H2,2-4H3. The lowest BCUT2D eigenvalue weighted by atomic mass is 10.6. The maximum atomic E-state index is 10.9. The van der Waals surface area contributed by atoms with Gasteiger partial charge in [0.2, 0.25) is 0 Å². The molecule has 0 aromatic heterocycles. The molecule has 0 saturated heterocycles. The first-order valence-corrected chi connectivity index (χ1v) is 4.83. The largest absolute Gasteiger partial charge is 0.290 e. The summed E-state index contributed by atoms with van der Waals surface area (Å²) in [4.78, 5) is 1.60. The molecule has 60 valence electrons. The van der Waals surface area contributed by atoms with E-state index >= 15 is 0 Å². The van der Waals surface area contributed by atoms with Crippen LogP contribution in [0, 0.1) is 0 Å². The van der Waals surface area contributed by atoms with E-state index in [4.69, 9.17) is 0 Å². The van der Waals surface area contributed by atoms with Gasteiger partial charge in [-0.3, -0.25) is 4.90 Å². The molecule has 0 saturated carbocycles. The van der Waals surface area contributed by atoms with Crippen molar-refractivity contribution in [3.63, 3.8) is 0 Å². The summed E-state index contributed by atoms with van der Waals surface area (Å²) in [6.45, 7) is 3.43. The smallest absolute Gasteiger partial charge is 0.167 e. The Morgan fingerprint density at radius 3 is 1.90 bits per heavy atom. The second-order valence-corrected chi connectivity index (χ2v) is 4.56. The zero-order valence-corrected chi connectivity index (χ0v) is 7.35. The Bertz CT molecular complexity index is 206. The Kier molecular flexibility index (Phi) is 3.05. The van der Waals surface area contributed by atoms with Gasteiger partial charge in [-0.25, -0.2) is 8.42 Å². The van der Waals surface area contributed by atoms with E-state index < -0.39 is 15.2 Å². The Morgan fingerprint density at radius 1 is 1.50 bits per heavy atom. The van der Waals surface area contributed by atoms with Crippen molar-refractivity contribution in [3.8, 4) is 0 Å². The molecule has 1 unspecified atom stereocenters. The van der Waals surface area contributed by atoms with Gasteiger partial charge in [0.1, 0.15) is 5.37 Å². The van der Waals surface area contributed by atoms with E-state index in [9.17, 15) is 8.42 Å². The Labute approximate surface area is 62.3 Å². The molecular weight excluding hydrogens is 150 g/mol. The van der Waals surface area contributed by atoms with Crippen LogP contribution in [0.25, 0.3) is 0 Å². The molecule has 0 fully saturated rings. The molecule has 0 aromatic carbocycles. The van der Waals surface area contributed by atoms with Gasteiger partial charge in [-0.1, -0.05) is 6.08 Å². The molecule has 0 radical (unpaired) electrons. The maximum Gasteiger partial charge on any atom is 0.167 e. The molecule has 0 amide bonds. The third-order valence-corrected chi connectivity index (χ3v) is 2.64. The molecule has 0 rings (SSSR count). The van der Waals surface area contributed by atoms with Crippen LogP contribution >= 0.6 is 0 Å². The molecule has 1 atom stereocenters. The highest BCUT2D eigenvalue weighted by Gasteiger charge is 2.17. The van der Waals surface area contributed by atoms with Gasteiger partial charge in [-0.05, 0) is 14.1 Å². The molecule has 0 N–H and O–H groups in total. The van der Waals surface area contributed by atoms with Crippen molar-refractivity contribution in [3.05, 3.63) is 12.7 Å². The molecule has 0 heterocycles. The fourth-order valence-electron chi connectivity index (χ4n) is 0.769. The zero-order chi connectivity index (χ0) is 8.36. The predicted molar refractivity (Wildman–Crippen MR) is 42.5 cm³/mol. The predicted octanol–water partition coefficient (Wildman–Crippen LogP) is 0.105. The molecule has 0 spiro atoms. The summed E-state index contributed by atoms with van der Waals surface area (Å²) in [5.74, 6) is 0. The average Bonchev–Trinajstić information content (AvgIpc) is 1.60. The third-order valence-electron chi connectivity index (χ3n) is 1.15. The van der Waals surface area contributed by atoms with Crippen LogP contribution < -0.4 is 0 Å². The van der Waals surface area contributed by atoms with Crippen molar-refractivity contribution in [1.29, 1.82) is 0 Å². The van der Waals surface area contributed by atoms with Gasteiger partial charge < -0.3 is 0 Å². The first kappa shape index (κ1) is 9.65. The van der Waals surface area contributed by atoms with Crippen LogP contribution in [0.1, 0.15) is 0 Å². The highest BCUT2D eigenvalue weighted by molar-refractivity contribution is 7.91. The lowest BCUT2D eigenvalue weighted by Gasteiger charge is -2.17. The molecule has 0 aliphatic heterocycles. The van der Waals surface area contributed by atoms with Crippen LogP contribution in [0.4, 0.5) is 0 Å². The lowest BCUT2D eigenvalue weighted by molar-refractivity contribution is 0.408. The monoisotopic (exact) mass is 163 g/mol. The number of sulfone groups is 1. The highest BCUT2D eigenvalue weighted by Crippen LogP contribution is 2.01. The Balaban J connectivity index is 4.54.